The van der Waals surface area contributed by atoms with Gasteiger partial charge in [0.15, 0.2) is 0 Å². The van der Waals surface area contributed by atoms with Crippen molar-refractivity contribution in [3.8, 4) is 0 Å². The Kier molecular flexibility index (Phi) is 2.13. The van der Waals surface area contributed by atoms with Crippen molar-refractivity contribution in [3.05, 3.63) is 24.3 Å². The Morgan fingerprint density at radius 3 is 2.69 bits per heavy atom. The summed E-state index contributed by atoms with van der Waals surface area (Å²) in [7, 11) is 0. The van der Waals surface area contributed by atoms with E-state index in [0.717, 1.165) is 11.6 Å². The molecule has 13 heavy (non-hydrogen) atoms. The highest BCUT2D eigenvalue weighted by molar-refractivity contribution is 5.68. The van der Waals surface area contributed by atoms with Crippen molar-refractivity contribution >= 4 is 11.4 Å². The van der Waals surface area contributed by atoms with Crippen LogP contribution in [0.1, 0.15) is 13.3 Å². The van der Waals surface area contributed by atoms with Crippen molar-refractivity contribution in [1.82, 2.24) is 0 Å². The van der Waals surface area contributed by atoms with Crippen LogP contribution in [0.2, 0.25) is 0 Å². The van der Waals surface area contributed by atoms with Crippen LogP contribution in [0.3, 0.4) is 0 Å². The molecule has 2 heteroatoms. The molecule has 2 N–H and O–H groups in total. The Hall–Kier alpha value is -1.18. The van der Waals surface area contributed by atoms with Gasteiger partial charge in [0.25, 0.3) is 0 Å². The third-order valence-electron chi connectivity index (χ3n) is 2.81. The maximum atomic E-state index is 5.88. The lowest BCUT2D eigenvalue weighted by molar-refractivity contribution is 0.399. The molecule has 70 valence electrons. The summed E-state index contributed by atoms with van der Waals surface area (Å²) in [5.41, 5.74) is 7.98. The van der Waals surface area contributed by atoms with E-state index in [-0.39, 0.29) is 0 Å². The Balaban J connectivity index is 2.07. The lowest BCUT2D eigenvalue weighted by Gasteiger charge is -2.41. The number of rotatable bonds is 2. The third kappa shape index (κ3) is 1.48. The van der Waals surface area contributed by atoms with Crippen LogP contribution in [0, 0.1) is 5.92 Å². The number of nitrogens with zero attached hydrogens (tertiary/aromatic N) is 1. The Bertz CT molecular complexity index is 290. The number of para-hydroxylation sites is 2. The van der Waals surface area contributed by atoms with E-state index in [1.165, 1.54) is 25.2 Å². The molecule has 0 atom stereocenters. The normalized spacial score (nSPS) is 17.2. The molecule has 1 aliphatic heterocycles. The van der Waals surface area contributed by atoms with Gasteiger partial charge >= 0.3 is 0 Å². The maximum absolute atomic E-state index is 5.88. The predicted molar refractivity (Wildman–Crippen MR) is 56.8 cm³/mol. The van der Waals surface area contributed by atoms with Gasteiger partial charge in [0.1, 0.15) is 0 Å². The van der Waals surface area contributed by atoms with Crippen molar-refractivity contribution in [2.75, 3.05) is 23.7 Å². The summed E-state index contributed by atoms with van der Waals surface area (Å²) in [6.45, 7) is 4.59. The highest BCUT2D eigenvalue weighted by Gasteiger charge is 2.25. The van der Waals surface area contributed by atoms with Gasteiger partial charge in [-0.3, -0.25) is 0 Å². The maximum Gasteiger partial charge on any atom is 0.0600 e. The van der Waals surface area contributed by atoms with Crippen LogP contribution in [-0.2, 0) is 0 Å². The van der Waals surface area contributed by atoms with Gasteiger partial charge in [-0.05, 0) is 24.5 Å². The zero-order chi connectivity index (χ0) is 9.26. The van der Waals surface area contributed by atoms with Crippen LogP contribution in [0.25, 0.3) is 0 Å². The first-order valence-corrected chi connectivity index (χ1v) is 4.90. The number of hydrogen-bond donors (Lipinski definition) is 1. The zero-order valence-electron chi connectivity index (χ0n) is 8.03. The Morgan fingerprint density at radius 1 is 1.38 bits per heavy atom. The molecule has 2 rings (SSSR count). The number of anilines is 2. The summed E-state index contributed by atoms with van der Waals surface area (Å²) in [6.07, 6.45) is 1.28. The van der Waals surface area contributed by atoms with Crippen LogP contribution in [0.5, 0.6) is 0 Å². The molecule has 0 spiro atoms. The summed E-state index contributed by atoms with van der Waals surface area (Å²) in [5, 5.41) is 0. The van der Waals surface area contributed by atoms with Crippen molar-refractivity contribution in [2.24, 2.45) is 5.92 Å². The Morgan fingerprint density at radius 2 is 2.08 bits per heavy atom. The highest BCUT2D eigenvalue weighted by Crippen LogP contribution is 2.30. The topological polar surface area (TPSA) is 29.3 Å². The molecule has 2 nitrogen and oxygen atoms in total. The molecular weight excluding hydrogens is 160 g/mol. The molecule has 0 aliphatic carbocycles. The molecule has 0 amide bonds. The fourth-order valence-electron chi connectivity index (χ4n) is 1.80. The largest absolute Gasteiger partial charge is 0.397 e. The van der Waals surface area contributed by atoms with E-state index in [9.17, 15) is 0 Å². The molecule has 1 aliphatic rings. The molecule has 0 unspecified atom stereocenters. The van der Waals surface area contributed by atoms with Crippen molar-refractivity contribution in [1.29, 1.82) is 0 Å². The monoisotopic (exact) mass is 176 g/mol. The minimum absolute atomic E-state index is 0.875. The van der Waals surface area contributed by atoms with Crippen LogP contribution in [0.15, 0.2) is 24.3 Å². The Labute approximate surface area is 79.4 Å². The van der Waals surface area contributed by atoms with Crippen molar-refractivity contribution in [3.63, 3.8) is 0 Å². The molecule has 0 saturated carbocycles. The second-order valence-corrected chi connectivity index (χ2v) is 3.74. The quantitative estimate of drug-likeness (QED) is 0.699. The van der Waals surface area contributed by atoms with E-state index >= 15 is 0 Å². The molecular formula is C11H16N2. The van der Waals surface area contributed by atoms with Gasteiger partial charge in [0.05, 0.1) is 11.4 Å². The van der Waals surface area contributed by atoms with Gasteiger partial charge in [-0.25, -0.2) is 0 Å². The van der Waals surface area contributed by atoms with Crippen LogP contribution in [0.4, 0.5) is 11.4 Å². The minimum Gasteiger partial charge on any atom is -0.397 e. The van der Waals surface area contributed by atoms with Crippen molar-refractivity contribution < 1.29 is 0 Å². The van der Waals surface area contributed by atoms with E-state index in [2.05, 4.69) is 17.9 Å². The average molecular weight is 176 g/mol. The van der Waals surface area contributed by atoms with E-state index in [1.54, 1.807) is 0 Å². The van der Waals surface area contributed by atoms with Gasteiger partial charge < -0.3 is 10.6 Å². The van der Waals surface area contributed by atoms with Crippen LogP contribution >= 0.6 is 0 Å². The molecule has 0 aromatic heterocycles. The predicted octanol–water partition coefficient (Wildman–Crippen LogP) is 2.12. The van der Waals surface area contributed by atoms with Crippen molar-refractivity contribution in [2.45, 2.75) is 13.3 Å². The first-order chi connectivity index (χ1) is 6.31. The van der Waals surface area contributed by atoms with Gasteiger partial charge in [0, 0.05) is 13.1 Å². The standard InChI is InChI=1S/C11H16N2/c1-2-9-7-13(8-9)11-6-4-3-5-10(11)12/h3-6,9H,2,7-8,12H2,1H3. The second kappa shape index (κ2) is 3.29. The summed E-state index contributed by atoms with van der Waals surface area (Å²) in [4.78, 5) is 2.35. The van der Waals surface area contributed by atoms with E-state index in [1.807, 2.05) is 18.2 Å². The van der Waals surface area contributed by atoms with Gasteiger partial charge in [-0.15, -0.1) is 0 Å². The van der Waals surface area contributed by atoms with E-state index < -0.39 is 0 Å². The smallest absolute Gasteiger partial charge is 0.0600 e. The summed E-state index contributed by atoms with van der Waals surface area (Å²) < 4.78 is 0. The summed E-state index contributed by atoms with van der Waals surface area (Å²) in [6, 6.07) is 8.09. The summed E-state index contributed by atoms with van der Waals surface area (Å²) in [5.74, 6) is 0.875. The SMILES string of the molecule is CCC1CN(c2ccccc2N)C1. The summed E-state index contributed by atoms with van der Waals surface area (Å²) >= 11 is 0. The fraction of sp³-hybridized carbons (Fsp3) is 0.455. The molecule has 1 aromatic rings. The van der Waals surface area contributed by atoms with E-state index in [4.69, 9.17) is 5.73 Å². The zero-order valence-corrected chi connectivity index (χ0v) is 8.03. The molecule has 0 bridgehead atoms. The molecule has 1 heterocycles. The number of hydrogen-bond acceptors (Lipinski definition) is 2. The van der Waals surface area contributed by atoms with Gasteiger partial charge in [-0.1, -0.05) is 19.1 Å². The number of nitrogen functional groups attached to an aromatic ring is 1. The lowest BCUT2D eigenvalue weighted by Crippen LogP contribution is -2.46. The third-order valence-corrected chi connectivity index (χ3v) is 2.81. The van der Waals surface area contributed by atoms with Crippen LogP contribution < -0.4 is 10.6 Å². The molecule has 1 fully saturated rings. The van der Waals surface area contributed by atoms with Gasteiger partial charge in [-0.2, -0.15) is 0 Å². The number of benzene rings is 1. The second-order valence-electron chi connectivity index (χ2n) is 3.74. The number of nitrogens with two attached hydrogens (primary N) is 1. The lowest BCUT2D eigenvalue weighted by atomic mass is 9.96. The molecule has 0 radical (unpaired) electrons. The fourth-order valence-corrected chi connectivity index (χ4v) is 1.80. The molecule has 1 aromatic carbocycles. The first kappa shape index (κ1) is 8.42. The highest BCUT2D eigenvalue weighted by atomic mass is 15.2. The van der Waals surface area contributed by atoms with E-state index in [0.29, 0.717) is 0 Å². The van der Waals surface area contributed by atoms with Gasteiger partial charge in [0.2, 0.25) is 0 Å². The minimum atomic E-state index is 0.875. The molecule has 1 saturated heterocycles. The average Bonchev–Trinajstić information content (AvgIpc) is 2.06. The van der Waals surface area contributed by atoms with Crippen LogP contribution in [-0.4, -0.2) is 13.1 Å². The first-order valence-electron chi connectivity index (χ1n) is 4.90.